The maximum Gasteiger partial charge on any atom is 0.412 e. The monoisotopic (exact) mass is 501 g/mol. The van der Waals surface area contributed by atoms with Gasteiger partial charge in [0.05, 0.1) is 18.3 Å². The van der Waals surface area contributed by atoms with Crippen LogP contribution in [0.4, 0.5) is 4.79 Å². The molecule has 1 saturated heterocycles. The molecule has 7 nitrogen and oxygen atoms in total. The lowest BCUT2D eigenvalue weighted by atomic mass is 9.96. The highest BCUT2D eigenvalue weighted by atomic mass is 16.6. The van der Waals surface area contributed by atoms with E-state index in [1.54, 1.807) is 29.2 Å². The maximum atomic E-state index is 13.6. The van der Waals surface area contributed by atoms with Gasteiger partial charge in [0.1, 0.15) is 11.8 Å². The zero-order valence-electron chi connectivity index (χ0n) is 21.1. The number of rotatable bonds is 11. The number of hydrogen-bond donors (Lipinski definition) is 3. The molecule has 2 amide bonds. The van der Waals surface area contributed by atoms with Crippen molar-refractivity contribution in [3.05, 3.63) is 102 Å². The summed E-state index contributed by atoms with van der Waals surface area (Å²) >= 11 is 0. The van der Waals surface area contributed by atoms with Crippen molar-refractivity contribution in [3.63, 3.8) is 0 Å². The molecule has 0 unspecified atom stereocenters. The summed E-state index contributed by atoms with van der Waals surface area (Å²) in [4.78, 5) is 28.2. The Kier molecular flexibility index (Phi) is 9.29. The van der Waals surface area contributed by atoms with Gasteiger partial charge in [0.25, 0.3) is 0 Å². The third-order valence-electron chi connectivity index (χ3n) is 6.63. The first-order valence-electron chi connectivity index (χ1n) is 12.9. The Morgan fingerprint density at radius 1 is 0.973 bits per heavy atom. The van der Waals surface area contributed by atoms with Crippen molar-refractivity contribution in [1.82, 2.24) is 15.5 Å². The van der Waals surface area contributed by atoms with Gasteiger partial charge in [-0.25, -0.2) is 4.79 Å². The Labute approximate surface area is 218 Å². The minimum Gasteiger partial charge on any atom is -0.410 e. The fraction of sp³-hybridized carbons (Fsp3) is 0.333. The number of nitrogens with one attached hydrogen (secondary N) is 2. The fourth-order valence-corrected chi connectivity index (χ4v) is 4.68. The van der Waals surface area contributed by atoms with Gasteiger partial charge in [0, 0.05) is 6.54 Å². The van der Waals surface area contributed by atoms with E-state index in [9.17, 15) is 14.7 Å². The number of para-hydroxylation sites is 1. The van der Waals surface area contributed by atoms with E-state index in [1.165, 1.54) is 0 Å². The van der Waals surface area contributed by atoms with E-state index in [0.29, 0.717) is 18.7 Å². The molecule has 4 rings (SSSR count). The van der Waals surface area contributed by atoms with E-state index in [2.05, 4.69) is 17.6 Å². The van der Waals surface area contributed by atoms with E-state index in [1.807, 2.05) is 66.7 Å². The average Bonchev–Trinajstić information content (AvgIpc) is 3.23. The van der Waals surface area contributed by atoms with Crippen molar-refractivity contribution >= 4 is 12.0 Å². The third-order valence-corrected chi connectivity index (χ3v) is 6.63. The van der Waals surface area contributed by atoms with E-state index >= 15 is 0 Å². The number of aliphatic hydroxyl groups is 1. The van der Waals surface area contributed by atoms with Gasteiger partial charge in [0.15, 0.2) is 0 Å². The maximum absolute atomic E-state index is 13.6. The van der Waals surface area contributed by atoms with E-state index in [4.69, 9.17) is 4.74 Å². The molecule has 7 heteroatoms. The van der Waals surface area contributed by atoms with Crippen molar-refractivity contribution in [2.45, 2.75) is 63.5 Å². The molecule has 1 aliphatic heterocycles. The SMILES string of the molecule is CCCC[C@H]1N[C@@H]([C@H](O)[C@H](Cc2ccccc2)NC(=O)Oc2ccccc2)C(=O)N1Cc1ccccc1. The quantitative estimate of drug-likeness (QED) is 0.365. The van der Waals surface area contributed by atoms with Gasteiger partial charge < -0.3 is 20.1 Å². The summed E-state index contributed by atoms with van der Waals surface area (Å²) in [6, 6.07) is 26.6. The summed E-state index contributed by atoms with van der Waals surface area (Å²) in [5, 5.41) is 17.7. The van der Waals surface area contributed by atoms with Gasteiger partial charge >= 0.3 is 6.09 Å². The first-order chi connectivity index (χ1) is 18.0. The lowest BCUT2D eigenvalue weighted by molar-refractivity contribution is -0.133. The van der Waals surface area contributed by atoms with Crippen molar-refractivity contribution < 1.29 is 19.4 Å². The second-order valence-corrected chi connectivity index (χ2v) is 9.39. The number of aliphatic hydroxyl groups excluding tert-OH is 1. The Balaban J connectivity index is 1.53. The summed E-state index contributed by atoms with van der Waals surface area (Å²) in [6.45, 7) is 2.57. The van der Waals surface area contributed by atoms with Crippen molar-refractivity contribution in [1.29, 1.82) is 0 Å². The van der Waals surface area contributed by atoms with Crippen LogP contribution in [0.3, 0.4) is 0 Å². The standard InChI is InChI=1S/C30H35N3O4/c1-2-3-19-26-32-27(29(35)33(26)21-23-15-9-5-10-16-23)28(34)25(20-22-13-7-4-8-14-22)31-30(36)37-24-17-11-6-12-18-24/h4-18,25-28,32,34H,2-3,19-21H2,1H3,(H,31,36)/t25-,26-,27-,28+/m0/s1. The Morgan fingerprint density at radius 2 is 1.57 bits per heavy atom. The number of amides is 2. The first kappa shape index (κ1) is 26.4. The van der Waals surface area contributed by atoms with Crippen LogP contribution < -0.4 is 15.4 Å². The Hall–Kier alpha value is -3.68. The molecule has 1 aliphatic rings. The van der Waals surface area contributed by atoms with Crippen LogP contribution in [0.1, 0.15) is 37.3 Å². The molecule has 0 aliphatic carbocycles. The number of hydrogen-bond acceptors (Lipinski definition) is 5. The molecular formula is C30H35N3O4. The molecule has 0 saturated carbocycles. The number of carbonyl (C=O) groups is 2. The Morgan fingerprint density at radius 3 is 2.19 bits per heavy atom. The highest BCUT2D eigenvalue weighted by molar-refractivity contribution is 5.85. The summed E-state index contributed by atoms with van der Waals surface area (Å²) < 4.78 is 5.42. The Bertz CT molecular complexity index is 1130. The molecule has 1 heterocycles. The molecular weight excluding hydrogens is 466 g/mol. The number of ether oxygens (including phenoxy) is 1. The average molecular weight is 502 g/mol. The highest BCUT2D eigenvalue weighted by Crippen LogP contribution is 2.23. The van der Waals surface area contributed by atoms with Crippen LogP contribution in [-0.2, 0) is 17.8 Å². The van der Waals surface area contributed by atoms with Gasteiger partial charge in [-0.2, -0.15) is 0 Å². The van der Waals surface area contributed by atoms with Gasteiger partial charge in [-0.05, 0) is 36.1 Å². The topological polar surface area (TPSA) is 90.9 Å². The fourth-order valence-electron chi connectivity index (χ4n) is 4.68. The molecule has 3 aromatic carbocycles. The van der Waals surface area contributed by atoms with Crippen LogP contribution in [0.2, 0.25) is 0 Å². The second-order valence-electron chi connectivity index (χ2n) is 9.39. The van der Waals surface area contributed by atoms with Crippen LogP contribution >= 0.6 is 0 Å². The largest absolute Gasteiger partial charge is 0.412 e. The number of benzene rings is 3. The molecule has 1 fully saturated rings. The normalized spacial score (nSPS) is 18.9. The van der Waals surface area contributed by atoms with Crippen LogP contribution in [0.5, 0.6) is 5.75 Å². The summed E-state index contributed by atoms with van der Waals surface area (Å²) in [5.41, 5.74) is 1.96. The third kappa shape index (κ3) is 7.18. The van der Waals surface area contributed by atoms with E-state index < -0.39 is 24.3 Å². The minimum atomic E-state index is -1.17. The lowest BCUT2D eigenvalue weighted by Crippen LogP contribution is -2.55. The molecule has 3 aromatic rings. The van der Waals surface area contributed by atoms with Crippen LogP contribution in [0.25, 0.3) is 0 Å². The van der Waals surface area contributed by atoms with Gasteiger partial charge in [-0.3, -0.25) is 10.1 Å². The number of unbranched alkanes of at least 4 members (excludes halogenated alkanes) is 1. The van der Waals surface area contributed by atoms with Crippen LogP contribution in [0, 0.1) is 0 Å². The number of nitrogens with zero attached hydrogens (tertiary/aromatic N) is 1. The first-order valence-corrected chi connectivity index (χ1v) is 12.9. The van der Waals surface area contributed by atoms with Crippen molar-refractivity contribution in [3.8, 4) is 5.75 Å². The zero-order chi connectivity index (χ0) is 26.0. The molecule has 0 radical (unpaired) electrons. The molecule has 0 bridgehead atoms. The van der Waals surface area contributed by atoms with Gasteiger partial charge in [0.2, 0.25) is 5.91 Å². The van der Waals surface area contributed by atoms with Crippen molar-refractivity contribution in [2.75, 3.05) is 0 Å². The highest BCUT2D eigenvalue weighted by Gasteiger charge is 2.44. The lowest BCUT2D eigenvalue weighted by Gasteiger charge is -2.27. The van der Waals surface area contributed by atoms with Crippen LogP contribution in [-0.4, -0.2) is 46.4 Å². The zero-order valence-corrected chi connectivity index (χ0v) is 21.1. The molecule has 4 atom stereocenters. The van der Waals surface area contributed by atoms with Gasteiger partial charge in [-0.1, -0.05) is 98.6 Å². The van der Waals surface area contributed by atoms with Crippen molar-refractivity contribution in [2.24, 2.45) is 0 Å². The predicted octanol–water partition coefficient (Wildman–Crippen LogP) is 4.26. The second kappa shape index (κ2) is 13.0. The summed E-state index contributed by atoms with van der Waals surface area (Å²) in [6.07, 6.45) is 1.04. The smallest absolute Gasteiger partial charge is 0.410 e. The molecule has 194 valence electrons. The molecule has 0 aromatic heterocycles. The summed E-state index contributed by atoms with van der Waals surface area (Å²) in [5.74, 6) is 0.227. The molecule has 3 N–H and O–H groups in total. The molecule has 0 spiro atoms. The van der Waals surface area contributed by atoms with E-state index in [0.717, 1.165) is 30.4 Å². The molecule has 37 heavy (non-hydrogen) atoms. The van der Waals surface area contributed by atoms with E-state index in [-0.39, 0.29) is 12.1 Å². The van der Waals surface area contributed by atoms with Gasteiger partial charge in [-0.15, -0.1) is 0 Å². The predicted molar refractivity (Wildman–Crippen MR) is 143 cm³/mol. The summed E-state index contributed by atoms with van der Waals surface area (Å²) in [7, 11) is 0. The number of carbonyl (C=O) groups excluding carboxylic acids is 2. The van der Waals surface area contributed by atoms with Crippen LogP contribution in [0.15, 0.2) is 91.0 Å². The minimum absolute atomic E-state index is 0.172.